The number of nitrogens with one attached hydrogen (secondary N) is 1. The summed E-state index contributed by atoms with van der Waals surface area (Å²) in [5.41, 5.74) is 0. The van der Waals surface area contributed by atoms with E-state index < -0.39 is 0 Å². The van der Waals surface area contributed by atoms with E-state index in [2.05, 4.69) is 5.32 Å². The molecule has 0 saturated carbocycles. The number of furan rings is 1. The van der Waals surface area contributed by atoms with Gasteiger partial charge in [0, 0.05) is 13.0 Å². The van der Waals surface area contributed by atoms with E-state index in [0.29, 0.717) is 19.3 Å². The predicted molar refractivity (Wildman–Crippen MR) is 56.2 cm³/mol. The number of aliphatic hydroxyl groups excluding tert-OH is 1. The van der Waals surface area contributed by atoms with Gasteiger partial charge in [0.25, 0.3) is 0 Å². The van der Waals surface area contributed by atoms with E-state index in [0.717, 1.165) is 5.76 Å². The summed E-state index contributed by atoms with van der Waals surface area (Å²) in [7, 11) is 0. The lowest BCUT2D eigenvalue weighted by Gasteiger charge is -2.10. The summed E-state index contributed by atoms with van der Waals surface area (Å²) in [6.45, 7) is 2.02. The molecule has 1 atom stereocenters. The van der Waals surface area contributed by atoms with Gasteiger partial charge in [0.2, 0.25) is 5.91 Å². The molecule has 0 aliphatic rings. The number of unbranched alkanes of at least 4 members (excludes halogenated alkanes) is 1. The summed E-state index contributed by atoms with van der Waals surface area (Å²) < 4.78 is 5.17. The molecule has 15 heavy (non-hydrogen) atoms. The Morgan fingerprint density at radius 2 is 2.40 bits per heavy atom. The Bertz CT molecular complexity index is 282. The number of carbonyl (C=O) groups is 1. The molecule has 4 heteroatoms. The molecule has 1 heterocycles. The molecule has 2 N–H and O–H groups in total. The van der Waals surface area contributed by atoms with Crippen molar-refractivity contribution in [2.75, 3.05) is 6.61 Å². The van der Waals surface area contributed by atoms with Crippen molar-refractivity contribution in [2.24, 2.45) is 0 Å². The maximum atomic E-state index is 11.4. The van der Waals surface area contributed by atoms with Crippen molar-refractivity contribution in [2.45, 2.75) is 32.2 Å². The molecule has 0 radical (unpaired) electrons. The summed E-state index contributed by atoms with van der Waals surface area (Å²) in [4.78, 5) is 11.4. The molecule has 0 aliphatic carbocycles. The van der Waals surface area contributed by atoms with Gasteiger partial charge < -0.3 is 14.8 Å². The van der Waals surface area contributed by atoms with Crippen molar-refractivity contribution >= 4 is 5.91 Å². The van der Waals surface area contributed by atoms with E-state index in [-0.39, 0.29) is 18.6 Å². The van der Waals surface area contributed by atoms with Crippen LogP contribution >= 0.6 is 0 Å². The van der Waals surface area contributed by atoms with Crippen LogP contribution in [0.5, 0.6) is 0 Å². The van der Waals surface area contributed by atoms with Crippen LogP contribution in [0.15, 0.2) is 22.8 Å². The van der Waals surface area contributed by atoms with Gasteiger partial charge in [-0.2, -0.15) is 0 Å². The first-order chi connectivity index (χ1) is 7.24. The lowest BCUT2D eigenvalue weighted by Crippen LogP contribution is -2.26. The number of amides is 1. The highest BCUT2D eigenvalue weighted by atomic mass is 16.3. The Kier molecular flexibility index (Phi) is 4.90. The molecule has 1 amide bonds. The van der Waals surface area contributed by atoms with Crippen LogP contribution in [-0.2, 0) is 4.79 Å². The van der Waals surface area contributed by atoms with E-state index in [4.69, 9.17) is 9.52 Å². The van der Waals surface area contributed by atoms with Crippen LogP contribution in [0.25, 0.3) is 0 Å². The third kappa shape index (κ3) is 4.16. The smallest absolute Gasteiger partial charge is 0.220 e. The molecule has 0 aliphatic heterocycles. The highest BCUT2D eigenvalue weighted by Crippen LogP contribution is 2.12. The third-order valence-electron chi connectivity index (χ3n) is 2.16. The van der Waals surface area contributed by atoms with Gasteiger partial charge in [-0.05, 0) is 31.9 Å². The molecule has 1 aromatic rings. The lowest BCUT2D eigenvalue weighted by molar-refractivity contribution is -0.122. The summed E-state index contributed by atoms with van der Waals surface area (Å²) in [6, 6.07) is 3.53. The minimum Gasteiger partial charge on any atom is -0.467 e. The number of hydrogen-bond acceptors (Lipinski definition) is 3. The maximum Gasteiger partial charge on any atom is 0.220 e. The van der Waals surface area contributed by atoms with Crippen molar-refractivity contribution in [1.82, 2.24) is 5.32 Å². The van der Waals surface area contributed by atoms with E-state index in [1.807, 2.05) is 13.0 Å². The largest absolute Gasteiger partial charge is 0.467 e. The zero-order valence-electron chi connectivity index (χ0n) is 8.90. The second kappa shape index (κ2) is 6.24. The van der Waals surface area contributed by atoms with E-state index in [1.54, 1.807) is 12.3 Å². The molecule has 0 aromatic carbocycles. The summed E-state index contributed by atoms with van der Waals surface area (Å²) in [6.07, 6.45) is 3.42. The second-order valence-corrected chi connectivity index (χ2v) is 3.49. The third-order valence-corrected chi connectivity index (χ3v) is 2.16. The number of aliphatic hydroxyl groups is 1. The van der Waals surface area contributed by atoms with E-state index in [9.17, 15) is 4.79 Å². The molecule has 0 spiro atoms. The molecular formula is C11H17NO3. The highest BCUT2D eigenvalue weighted by molar-refractivity contribution is 5.76. The first-order valence-corrected chi connectivity index (χ1v) is 5.17. The monoisotopic (exact) mass is 211 g/mol. The molecule has 4 nitrogen and oxygen atoms in total. The highest BCUT2D eigenvalue weighted by Gasteiger charge is 2.10. The topological polar surface area (TPSA) is 62.5 Å². The van der Waals surface area contributed by atoms with Gasteiger partial charge in [0.1, 0.15) is 5.76 Å². The molecule has 1 rings (SSSR count). The van der Waals surface area contributed by atoms with Gasteiger partial charge in [-0.3, -0.25) is 4.79 Å². The van der Waals surface area contributed by atoms with Gasteiger partial charge >= 0.3 is 0 Å². The molecule has 0 bridgehead atoms. The maximum absolute atomic E-state index is 11.4. The van der Waals surface area contributed by atoms with Crippen molar-refractivity contribution in [3.05, 3.63) is 24.2 Å². The van der Waals surface area contributed by atoms with Crippen LogP contribution in [0.3, 0.4) is 0 Å². The summed E-state index contributed by atoms with van der Waals surface area (Å²) in [5, 5.41) is 11.4. The SMILES string of the molecule is CC(NC(=O)CCCCO)c1ccco1. The minimum absolute atomic E-state index is 0.00708. The van der Waals surface area contributed by atoms with Gasteiger partial charge in [0.15, 0.2) is 0 Å². The Hall–Kier alpha value is -1.29. The first kappa shape index (κ1) is 11.8. The lowest BCUT2D eigenvalue weighted by atomic mass is 10.2. The van der Waals surface area contributed by atoms with E-state index >= 15 is 0 Å². The quantitative estimate of drug-likeness (QED) is 0.703. The van der Waals surface area contributed by atoms with Crippen LogP contribution in [0.4, 0.5) is 0 Å². The van der Waals surface area contributed by atoms with Crippen molar-refractivity contribution < 1.29 is 14.3 Å². The zero-order chi connectivity index (χ0) is 11.1. The number of rotatable bonds is 6. The predicted octanol–water partition coefficient (Wildman–Crippen LogP) is 1.62. The van der Waals surface area contributed by atoms with Crippen LogP contribution in [0, 0.1) is 0 Å². The van der Waals surface area contributed by atoms with E-state index in [1.165, 1.54) is 0 Å². The molecule has 0 fully saturated rings. The fraction of sp³-hybridized carbons (Fsp3) is 0.545. The molecule has 1 aromatic heterocycles. The zero-order valence-corrected chi connectivity index (χ0v) is 8.90. The van der Waals surface area contributed by atoms with Crippen LogP contribution in [-0.4, -0.2) is 17.6 Å². The first-order valence-electron chi connectivity index (χ1n) is 5.17. The Labute approximate surface area is 89.3 Å². The average molecular weight is 211 g/mol. The molecule has 1 unspecified atom stereocenters. The van der Waals surface area contributed by atoms with Crippen molar-refractivity contribution in [1.29, 1.82) is 0 Å². The number of hydrogen-bond donors (Lipinski definition) is 2. The average Bonchev–Trinajstić information content (AvgIpc) is 2.70. The second-order valence-electron chi connectivity index (χ2n) is 3.49. The van der Waals surface area contributed by atoms with Gasteiger partial charge in [-0.1, -0.05) is 0 Å². The molecule has 0 saturated heterocycles. The van der Waals surface area contributed by atoms with Crippen molar-refractivity contribution in [3.63, 3.8) is 0 Å². The van der Waals surface area contributed by atoms with Crippen LogP contribution in [0.2, 0.25) is 0 Å². The fourth-order valence-electron chi connectivity index (χ4n) is 1.32. The van der Waals surface area contributed by atoms with Crippen LogP contribution in [0.1, 0.15) is 38.0 Å². The Balaban J connectivity index is 2.26. The molecule has 84 valence electrons. The number of carbonyl (C=O) groups excluding carboxylic acids is 1. The summed E-state index contributed by atoms with van der Waals surface area (Å²) >= 11 is 0. The Morgan fingerprint density at radius 3 is 3.00 bits per heavy atom. The standard InChI is InChI=1S/C11H17NO3/c1-9(10-5-4-8-15-10)12-11(14)6-2-3-7-13/h4-5,8-9,13H,2-3,6-7H2,1H3,(H,12,14). The van der Waals surface area contributed by atoms with Gasteiger partial charge in [-0.25, -0.2) is 0 Å². The van der Waals surface area contributed by atoms with Gasteiger partial charge in [-0.15, -0.1) is 0 Å². The van der Waals surface area contributed by atoms with Gasteiger partial charge in [0.05, 0.1) is 12.3 Å². The van der Waals surface area contributed by atoms with Crippen LogP contribution < -0.4 is 5.32 Å². The molecular weight excluding hydrogens is 194 g/mol. The summed E-state index contributed by atoms with van der Waals surface area (Å²) in [5.74, 6) is 0.748. The minimum atomic E-state index is -0.0957. The van der Waals surface area contributed by atoms with Crippen molar-refractivity contribution in [3.8, 4) is 0 Å². The normalized spacial score (nSPS) is 12.4. The fourth-order valence-corrected chi connectivity index (χ4v) is 1.32. The Morgan fingerprint density at radius 1 is 1.60 bits per heavy atom.